The molecule has 2 aromatic rings. The first-order valence-electron chi connectivity index (χ1n) is 5.51. The smallest absolute Gasteiger partial charge is 0.406 e. The Kier molecular flexibility index (Phi) is 3.66. The summed E-state index contributed by atoms with van der Waals surface area (Å²) in [7, 11) is 0. The lowest BCUT2D eigenvalue weighted by Crippen LogP contribution is -2.17. The van der Waals surface area contributed by atoms with Gasteiger partial charge in [-0.15, -0.1) is 19.6 Å². The molecule has 20 heavy (non-hydrogen) atoms. The number of alkyl halides is 3. The lowest BCUT2D eigenvalue weighted by atomic mass is 10.0. The van der Waals surface area contributed by atoms with Gasteiger partial charge in [0.2, 0.25) is 0 Å². The highest BCUT2D eigenvalue weighted by Crippen LogP contribution is 2.29. The highest BCUT2D eigenvalue weighted by atomic mass is 19.4. The fourth-order valence-electron chi connectivity index (χ4n) is 1.70. The minimum Gasteiger partial charge on any atom is -0.406 e. The van der Waals surface area contributed by atoms with E-state index < -0.39 is 17.9 Å². The molecule has 0 spiro atoms. The third-order valence-corrected chi connectivity index (χ3v) is 2.51. The number of hydrogen-bond donors (Lipinski definition) is 0. The van der Waals surface area contributed by atoms with E-state index in [1.165, 1.54) is 24.3 Å². The molecule has 2 rings (SSSR count). The van der Waals surface area contributed by atoms with E-state index in [1.54, 1.807) is 0 Å². The number of hydrogen-bond acceptors (Lipinski definition) is 1. The van der Waals surface area contributed by atoms with Crippen molar-refractivity contribution in [2.24, 2.45) is 0 Å². The van der Waals surface area contributed by atoms with E-state index in [-0.39, 0.29) is 11.1 Å². The summed E-state index contributed by atoms with van der Waals surface area (Å²) in [5, 5.41) is 0. The molecule has 0 aromatic heterocycles. The van der Waals surface area contributed by atoms with Crippen LogP contribution in [0.25, 0.3) is 11.1 Å². The third kappa shape index (κ3) is 3.29. The maximum atomic E-state index is 13.8. The van der Waals surface area contributed by atoms with E-state index in [9.17, 15) is 17.6 Å². The van der Waals surface area contributed by atoms with Crippen molar-refractivity contribution in [1.82, 2.24) is 0 Å². The predicted molar refractivity (Wildman–Crippen MR) is 66.5 cm³/mol. The molecule has 0 N–H and O–H groups in total. The first-order valence-corrected chi connectivity index (χ1v) is 5.51. The molecule has 102 valence electrons. The van der Waals surface area contributed by atoms with Crippen molar-refractivity contribution in [3.05, 3.63) is 53.8 Å². The minimum atomic E-state index is -4.79. The van der Waals surface area contributed by atoms with Gasteiger partial charge in [0.15, 0.2) is 0 Å². The Hall–Kier alpha value is -2.48. The number of benzene rings is 2. The van der Waals surface area contributed by atoms with Crippen molar-refractivity contribution in [3.63, 3.8) is 0 Å². The molecule has 0 aliphatic heterocycles. The van der Waals surface area contributed by atoms with Crippen LogP contribution in [0.15, 0.2) is 42.5 Å². The predicted octanol–water partition coefficient (Wildman–Crippen LogP) is 4.37. The topological polar surface area (TPSA) is 9.23 Å². The monoisotopic (exact) mass is 280 g/mol. The van der Waals surface area contributed by atoms with E-state index in [4.69, 9.17) is 6.42 Å². The highest BCUT2D eigenvalue weighted by Gasteiger charge is 2.31. The van der Waals surface area contributed by atoms with E-state index >= 15 is 0 Å². The molecule has 0 heterocycles. The van der Waals surface area contributed by atoms with Gasteiger partial charge in [0.05, 0.1) is 0 Å². The molecule has 0 amide bonds. The second kappa shape index (κ2) is 5.25. The fraction of sp³-hybridized carbons (Fsp3) is 0.0667. The number of rotatable bonds is 2. The van der Waals surface area contributed by atoms with Gasteiger partial charge in [-0.1, -0.05) is 24.1 Å². The van der Waals surface area contributed by atoms with Crippen molar-refractivity contribution in [2.75, 3.05) is 0 Å². The molecule has 0 aliphatic rings. The van der Waals surface area contributed by atoms with Gasteiger partial charge in [0.1, 0.15) is 11.6 Å². The molecule has 5 heteroatoms. The van der Waals surface area contributed by atoms with Gasteiger partial charge in [0.25, 0.3) is 0 Å². The average molecular weight is 280 g/mol. The van der Waals surface area contributed by atoms with E-state index in [1.807, 2.05) is 0 Å². The van der Waals surface area contributed by atoms with Gasteiger partial charge in [-0.05, 0) is 29.8 Å². The Balaban J connectivity index is 2.39. The summed E-state index contributed by atoms with van der Waals surface area (Å²) in [4.78, 5) is 0. The van der Waals surface area contributed by atoms with Crippen molar-refractivity contribution < 1.29 is 22.3 Å². The highest BCUT2D eigenvalue weighted by molar-refractivity contribution is 5.66. The lowest BCUT2D eigenvalue weighted by molar-refractivity contribution is -0.274. The normalized spacial score (nSPS) is 10.9. The first-order chi connectivity index (χ1) is 9.39. The summed E-state index contributed by atoms with van der Waals surface area (Å²) < 4.78 is 54.0. The van der Waals surface area contributed by atoms with Crippen LogP contribution in [0.2, 0.25) is 0 Å². The summed E-state index contributed by atoms with van der Waals surface area (Å²) in [6.07, 6.45) is 0.352. The van der Waals surface area contributed by atoms with Crippen molar-refractivity contribution in [3.8, 4) is 29.2 Å². The Labute approximate surface area is 112 Å². The van der Waals surface area contributed by atoms with Gasteiger partial charge in [-0.3, -0.25) is 0 Å². The van der Waals surface area contributed by atoms with Crippen molar-refractivity contribution in [1.29, 1.82) is 0 Å². The average Bonchev–Trinajstić information content (AvgIpc) is 2.36. The van der Waals surface area contributed by atoms with Crippen LogP contribution in [-0.4, -0.2) is 6.36 Å². The number of halogens is 4. The molecule has 0 aliphatic carbocycles. The van der Waals surface area contributed by atoms with Gasteiger partial charge < -0.3 is 4.74 Å². The third-order valence-electron chi connectivity index (χ3n) is 2.51. The summed E-state index contributed by atoms with van der Waals surface area (Å²) >= 11 is 0. The van der Waals surface area contributed by atoms with Crippen LogP contribution in [0.5, 0.6) is 5.75 Å². The van der Waals surface area contributed by atoms with Crippen LogP contribution < -0.4 is 4.74 Å². The Morgan fingerprint density at radius 2 is 1.80 bits per heavy atom. The van der Waals surface area contributed by atoms with Crippen LogP contribution in [0, 0.1) is 18.2 Å². The Morgan fingerprint density at radius 1 is 1.05 bits per heavy atom. The Bertz CT molecular complexity index is 668. The zero-order chi connectivity index (χ0) is 14.8. The van der Waals surface area contributed by atoms with E-state index in [0.717, 1.165) is 18.2 Å². The Morgan fingerprint density at radius 3 is 2.40 bits per heavy atom. The SMILES string of the molecule is C#Cc1ccc(-c2cccc(OC(F)(F)F)c2)c(F)c1. The van der Waals surface area contributed by atoms with Crippen LogP contribution in [-0.2, 0) is 0 Å². The summed E-state index contributed by atoms with van der Waals surface area (Å²) in [5.41, 5.74) is 0.776. The first kappa shape index (κ1) is 13.9. The molecule has 0 bridgehead atoms. The molecule has 0 radical (unpaired) electrons. The molecule has 0 unspecified atom stereocenters. The van der Waals surface area contributed by atoms with Gasteiger partial charge >= 0.3 is 6.36 Å². The zero-order valence-corrected chi connectivity index (χ0v) is 10.0. The zero-order valence-electron chi connectivity index (χ0n) is 10.0. The quantitative estimate of drug-likeness (QED) is 0.586. The summed E-state index contributed by atoms with van der Waals surface area (Å²) in [6.45, 7) is 0. The molecular formula is C15H8F4O. The standard InChI is InChI=1S/C15H8F4O/c1-2-10-6-7-13(14(16)8-10)11-4-3-5-12(9-11)20-15(17,18)19/h1,3-9H. The maximum absolute atomic E-state index is 13.8. The summed E-state index contributed by atoms with van der Waals surface area (Å²) in [5.74, 6) is 1.26. The molecule has 0 fully saturated rings. The fourth-order valence-corrected chi connectivity index (χ4v) is 1.70. The second-order valence-corrected chi connectivity index (χ2v) is 3.91. The number of ether oxygens (including phenoxy) is 1. The van der Waals surface area contributed by atoms with Crippen molar-refractivity contribution >= 4 is 0 Å². The van der Waals surface area contributed by atoms with Gasteiger partial charge in [-0.2, -0.15) is 0 Å². The van der Waals surface area contributed by atoms with Gasteiger partial charge in [-0.25, -0.2) is 4.39 Å². The van der Waals surface area contributed by atoms with Gasteiger partial charge in [0, 0.05) is 11.1 Å². The largest absolute Gasteiger partial charge is 0.573 e. The molecule has 0 saturated carbocycles. The van der Waals surface area contributed by atoms with E-state index in [0.29, 0.717) is 5.56 Å². The van der Waals surface area contributed by atoms with Crippen LogP contribution in [0.4, 0.5) is 17.6 Å². The van der Waals surface area contributed by atoms with Crippen LogP contribution >= 0.6 is 0 Å². The second-order valence-electron chi connectivity index (χ2n) is 3.91. The molecule has 0 saturated heterocycles. The molecule has 1 nitrogen and oxygen atoms in total. The molecule has 2 aromatic carbocycles. The lowest BCUT2D eigenvalue weighted by Gasteiger charge is -2.10. The van der Waals surface area contributed by atoms with E-state index in [2.05, 4.69) is 10.7 Å². The maximum Gasteiger partial charge on any atom is 0.573 e. The minimum absolute atomic E-state index is 0.150. The van der Waals surface area contributed by atoms with Crippen LogP contribution in [0.3, 0.4) is 0 Å². The van der Waals surface area contributed by atoms with Crippen LogP contribution in [0.1, 0.15) is 5.56 Å². The summed E-state index contributed by atoms with van der Waals surface area (Å²) in [6, 6.07) is 9.16. The molecule has 0 atom stereocenters. The van der Waals surface area contributed by atoms with Crippen molar-refractivity contribution in [2.45, 2.75) is 6.36 Å². The number of terminal acetylenes is 1. The molecular weight excluding hydrogens is 272 g/mol.